The van der Waals surface area contributed by atoms with E-state index >= 15 is 0 Å². The first-order valence-corrected chi connectivity index (χ1v) is 10.3. The maximum Gasteiger partial charge on any atom is 0.266 e. The number of nitriles is 1. The molecule has 0 aromatic carbocycles. The summed E-state index contributed by atoms with van der Waals surface area (Å²) < 4.78 is 0. The molecular weight excluding hydrogens is 370 g/mol. The van der Waals surface area contributed by atoms with Crippen LogP contribution in [0, 0.1) is 25.2 Å². The van der Waals surface area contributed by atoms with Crippen LogP contribution in [0.1, 0.15) is 48.6 Å². The highest BCUT2D eigenvalue weighted by Gasteiger charge is 2.23. The molecule has 2 heterocycles. The molecule has 29 heavy (non-hydrogen) atoms. The lowest BCUT2D eigenvalue weighted by atomic mass is 9.99. The third-order valence-electron chi connectivity index (χ3n) is 5.45. The van der Waals surface area contributed by atoms with Crippen LogP contribution < -0.4 is 10.9 Å². The van der Waals surface area contributed by atoms with Crippen molar-refractivity contribution in [3.63, 3.8) is 0 Å². The number of unbranched alkanes of at least 4 members (excludes halogenated alkanes) is 1. The molecule has 158 valence electrons. The van der Waals surface area contributed by atoms with E-state index in [0.29, 0.717) is 63.4 Å². The summed E-state index contributed by atoms with van der Waals surface area (Å²) in [6, 6.07) is 1.94. The van der Waals surface area contributed by atoms with Crippen molar-refractivity contribution >= 4 is 11.8 Å². The summed E-state index contributed by atoms with van der Waals surface area (Å²) >= 11 is 0. The van der Waals surface area contributed by atoms with Gasteiger partial charge in [-0.3, -0.25) is 19.3 Å². The minimum absolute atomic E-state index is 0.0375. The number of nitrogens with zero attached hydrogens (tertiary/aromatic N) is 3. The number of nitrogens with one attached hydrogen (secondary N) is 2. The zero-order valence-electron chi connectivity index (χ0n) is 17.6. The lowest BCUT2D eigenvalue weighted by molar-refractivity contribution is -0.133. The number of piperazine rings is 1. The monoisotopic (exact) mass is 401 g/mol. The van der Waals surface area contributed by atoms with Gasteiger partial charge in [0.1, 0.15) is 11.6 Å². The number of hydrogen-bond donors (Lipinski definition) is 2. The summed E-state index contributed by atoms with van der Waals surface area (Å²) in [5, 5.41) is 12.1. The Bertz CT molecular complexity index is 832. The van der Waals surface area contributed by atoms with Crippen molar-refractivity contribution in [3.05, 3.63) is 32.7 Å². The van der Waals surface area contributed by atoms with E-state index < -0.39 is 0 Å². The second kappa shape index (κ2) is 10.8. The molecule has 2 rings (SSSR count). The maximum atomic E-state index is 12.6. The summed E-state index contributed by atoms with van der Waals surface area (Å²) in [7, 11) is 0. The predicted molar refractivity (Wildman–Crippen MR) is 111 cm³/mol. The third kappa shape index (κ3) is 6.16. The Balaban J connectivity index is 1.83. The average Bonchev–Trinajstić information content (AvgIpc) is 2.68. The number of rotatable bonds is 8. The molecular formula is C21H31N5O3. The van der Waals surface area contributed by atoms with Gasteiger partial charge in [-0.1, -0.05) is 13.3 Å². The highest BCUT2D eigenvalue weighted by molar-refractivity contribution is 5.78. The second-order valence-corrected chi connectivity index (χ2v) is 7.53. The molecule has 1 aliphatic rings. The first-order chi connectivity index (χ1) is 13.9. The zero-order chi connectivity index (χ0) is 21.4. The van der Waals surface area contributed by atoms with E-state index in [1.54, 1.807) is 13.8 Å². The van der Waals surface area contributed by atoms with Crippen molar-refractivity contribution < 1.29 is 9.59 Å². The van der Waals surface area contributed by atoms with E-state index in [1.807, 2.05) is 11.0 Å². The number of pyridine rings is 1. The van der Waals surface area contributed by atoms with E-state index in [4.69, 9.17) is 5.26 Å². The Kier molecular flexibility index (Phi) is 8.40. The van der Waals surface area contributed by atoms with Gasteiger partial charge in [-0.25, -0.2) is 0 Å². The molecule has 1 saturated heterocycles. The summed E-state index contributed by atoms with van der Waals surface area (Å²) in [6.45, 7) is 9.30. The minimum Gasteiger partial charge on any atom is -0.355 e. The van der Waals surface area contributed by atoms with Gasteiger partial charge in [0, 0.05) is 44.8 Å². The lowest BCUT2D eigenvalue weighted by Gasteiger charge is -2.34. The molecule has 1 aromatic rings. The fourth-order valence-electron chi connectivity index (χ4n) is 3.63. The number of aromatic nitrogens is 1. The first-order valence-electron chi connectivity index (χ1n) is 10.3. The van der Waals surface area contributed by atoms with Crippen LogP contribution in [0.15, 0.2) is 4.79 Å². The molecule has 1 aliphatic heterocycles. The molecule has 0 radical (unpaired) electrons. The van der Waals surface area contributed by atoms with Crippen molar-refractivity contribution in [2.75, 3.05) is 39.3 Å². The molecule has 0 saturated carbocycles. The third-order valence-corrected chi connectivity index (χ3v) is 5.45. The van der Waals surface area contributed by atoms with Crippen molar-refractivity contribution in [1.29, 1.82) is 5.26 Å². The van der Waals surface area contributed by atoms with Gasteiger partial charge in [0.15, 0.2) is 0 Å². The van der Waals surface area contributed by atoms with Crippen LogP contribution >= 0.6 is 0 Å². The van der Waals surface area contributed by atoms with Crippen LogP contribution in [0.3, 0.4) is 0 Å². The Morgan fingerprint density at radius 2 is 1.90 bits per heavy atom. The van der Waals surface area contributed by atoms with Crippen molar-refractivity contribution in [1.82, 2.24) is 20.1 Å². The van der Waals surface area contributed by atoms with Crippen molar-refractivity contribution in [3.8, 4) is 6.07 Å². The number of aromatic amines is 1. The highest BCUT2D eigenvalue weighted by Crippen LogP contribution is 2.16. The van der Waals surface area contributed by atoms with Gasteiger partial charge >= 0.3 is 0 Å². The van der Waals surface area contributed by atoms with Gasteiger partial charge in [-0.05, 0) is 37.8 Å². The predicted octanol–water partition coefficient (Wildman–Crippen LogP) is 0.857. The minimum atomic E-state index is -0.382. The van der Waals surface area contributed by atoms with E-state index in [1.165, 1.54) is 0 Å². The average molecular weight is 402 g/mol. The zero-order valence-corrected chi connectivity index (χ0v) is 17.6. The summed E-state index contributed by atoms with van der Waals surface area (Å²) in [4.78, 5) is 42.9. The van der Waals surface area contributed by atoms with Crippen molar-refractivity contribution in [2.24, 2.45) is 0 Å². The maximum absolute atomic E-state index is 12.6. The number of carbonyl (C=O) groups is 2. The molecule has 0 aliphatic carbocycles. The highest BCUT2D eigenvalue weighted by atomic mass is 16.2. The van der Waals surface area contributed by atoms with Gasteiger partial charge in [-0.15, -0.1) is 0 Å². The molecule has 0 unspecified atom stereocenters. The first kappa shape index (κ1) is 22.6. The van der Waals surface area contributed by atoms with Crippen LogP contribution in [0.2, 0.25) is 0 Å². The molecule has 2 amide bonds. The quantitative estimate of drug-likeness (QED) is 0.628. The topological polar surface area (TPSA) is 109 Å². The number of amides is 2. The molecule has 1 aromatic heterocycles. The molecule has 0 atom stereocenters. The smallest absolute Gasteiger partial charge is 0.266 e. The summed E-state index contributed by atoms with van der Waals surface area (Å²) in [5.74, 6) is 0.0936. The fraction of sp³-hybridized carbons (Fsp3) is 0.619. The number of hydrogen-bond acceptors (Lipinski definition) is 5. The Morgan fingerprint density at radius 3 is 2.52 bits per heavy atom. The number of H-pyrrole nitrogens is 1. The van der Waals surface area contributed by atoms with E-state index in [0.717, 1.165) is 18.4 Å². The number of carbonyl (C=O) groups excluding carboxylic acids is 2. The van der Waals surface area contributed by atoms with Gasteiger partial charge in [0.2, 0.25) is 11.8 Å². The van der Waals surface area contributed by atoms with Crippen LogP contribution in [0.4, 0.5) is 0 Å². The van der Waals surface area contributed by atoms with Crippen LogP contribution in [0.25, 0.3) is 0 Å². The lowest BCUT2D eigenvalue weighted by Crippen LogP contribution is -2.51. The SMILES string of the molecule is CCCCNC(=O)CN1CCN(C(=O)CCc2c(C)[nH]c(=O)c(C#N)c2C)CC1. The van der Waals surface area contributed by atoms with E-state index in [2.05, 4.69) is 22.1 Å². The van der Waals surface area contributed by atoms with E-state index in [-0.39, 0.29) is 22.9 Å². The van der Waals surface area contributed by atoms with Crippen LogP contribution in [-0.4, -0.2) is 65.9 Å². The van der Waals surface area contributed by atoms with Gasteiger partial charge < -0.3 is 15.2 Å². The molecule has 0 spiro atoms. The number of aryl methyl sites for hydroxylation is 1. The standard InChI is InChI=1S/C21H31N5O3/c1-4-5-8-23-19(27)14-25-9-11-26(12-10-25)20(28)7-6-17-15(2)18(13-22)21(29)24-16(17)3/h4-12,14H2,1-3H3,(H,23,27)(H,24,29). The van der Waals surface area contributed by atoms with Crippen molar-refractivity contribution in [2.45, 2.75) is 46.5 Å². The van der Waals surface area contributed by atoms with Gasteiger partial charge in [0.25, 0.3) is 5.56 Å². The van der Waals surface area contributed by atoms with Crippen LogP contribution in [0.5, 0.6) is 0 Å². The molecule has 8 nitrogen and oxygen atoms in total. The Hall–Kier alpha value is -2.66. The molecule has 0 bridgehead atoms. The summed E-state index contributed by atoms with van der Waals surface area (Å²) in [5.41, 5.74) is 1.95. The largest absolute Gasteiger partial charge is 0.355 e. The van der Waals surface area contributed by atoms with Gasteiger partial charge in [0.05, 0.1) is 6.54 Å². The summed E-state index contributed by atoms with van der Waals surface area (Å²) in [6.07, 6.45) is 2.85. The molecule has 8 heteroatoms. The van der Waals surface area contributed by atoms with E-state index in [9.17, 15) is 14.4 Å². The molecule has 1 fully saturated rings. The van der Waals surface area contributed by atoms with Crippen LogP contribution in [-0.2, 0) is 16.0 Å². The van der Waals surface area contributed by atoms with Gasteiger partial charge in [-0.2, -0.15) is 5.26 Å². The Labute approximate surface area is 171 Å². The second-order valence-electron chi connectivity index (χ2n) is 7.53. The normalized spacial score (nSPS) is 14.5. The molecule has 2 N–H and O–H groups in total. The fourth-order valence-corrected chi connectivity index (χ4v) is 3.63. The Morgan fingerprint density at radius 1 is 1.21 bits per heavy atom.